The van der Waals surface area contributed by atoms with Gasteiger partial charge in [-0.3, -0.25) is 0 Å². The zero-order chi connectivity index (χ0) is 13.5. The minimum atomic E-state index is -0.981. The molecule has 1 atom stereocenters. The van der Waals surface area contributed by atoms with Crippen LogP contribution in [-0.4, -0.2) is 28.6 Å². The number of unbranched alkanes of at least 4 members (excludes halogenated alkanes) is 1. The Morgan fingerprint density at radius 3 is 2.61 bits per heavy atom. The maximum absolute atomic E-state index is 10.8. The number of hydrogen-bond acceptors (Lipinski definition) is 3. The second-order valence-electron chi connectivity index (χ2n) is 4.51. The highest BCUT2D eigenvalue weighted by atomic mass is 16.4. The van der Waals surface area contributed by atoms with Crippen LogP contribution in [0.15, 0.2) is 18.3 Å². The highest BCUT2D eigenvalue weighted by Gasteiger charge is 2.13. The summed E-state index contributed by atoms with van der Waals surface area (Å²) in [6.07, 6.45) is 4.99. The molecular formula is C14H22N2O2. The SMILES string of the molecule is CCCCN(c1ccc(C(=O)O)nc1)C(C)CC. The lowest BCUT2D eigenvalue weighted by Crippen LogP contribution is -2.33. The fourth-order valence-electron chi connectivity index (χ4n) is 1.84. The number of aromatic nitrogens is 1. The maximum atomic E-state index is 10.8. The van der Waals surface area contributed by atoms with Crippen LogP contribution in [0.3, 0.4) is 0 Å². The second kappa shape index (κ2) is 6.99. The molecule has 1 rings (SSSR count). The quantitative estimate of drug-likeness (QED) is 0.807. The van der Waals surface area contributed by atoms with Crippen LogP contribution in [0.5, 0.6) is 0 Å². The molecule has 0 spiro atoms. The lowest BCUT2D eigenvalue weighted by Gasteiger charge is -2.30. The molecule has 0 amide bonds. The van der Waals surface area contributed by atoms with E-state index in [1.54, 1.807) is 12.3 Å². The first-order valence-corrected chi connectivity index (χ1v) is 6.56. The van der Waals surface area contributed by atoms with Gasteiger partial charge in [-0.05, 0) is 31.9 Å². The van der Waals surface area contributed by atoms with Crippen molar-refractivity contribution >= 4 is 11.7 Å². The third kappa shape index (κ3) is 3.72. The van der Waals surface area contributed by atoms with Crippen LogP contribution in [0, 0.1) is 0 Å². The molecule has 1 aromatic rings. The predicted molar refractivity (Wildman–Crippen MR) is 73.2 cm³/mol. The highest BCUT2D eigenvalue weighted by Crippen LogP contribution is 2.18. The van der Waals surface area contributed by atoms with Gasteiger partial charge in [-0.1, -0.05) is 20.3 Å². The van der Waals surface area contributed by atoms with Crippen molar-refractivity contribution in [2.45, 2.75) is 46.1 Å². The minimum Gasteiger partial charge on any atom is -0.477 e. The maximum Gasteiger partial charge on any atom is 0.354 e. The molecule has 0 bridgehead atoms. The number of nitrogens with zero attached hydrogens (tertiary/aromatic N) is 2. The molecule has 0 fully saturated rings. The molecule has 4 nitrogen and oxygen atoms in total. The molecule has 0 saturated carbocycles. The van der Waals surface area contributed by atoms with Crippen LogP contribution in [-0.2, 0) is 0 Å². The molecule has 1 heterocycles. The number of carboxylic acids is 1. The number of aromatic carboxylic acids is 1. The van der Waals surface area contributed by atoms with E-state index in [1.165, 1.54) is 0 Å². The Hall–Kier alpha value is -1.58. The monoisotopic (exact) mass is 250 g/mol. The van der Waals surface area contributed by atoms with Gasteiger partial charge in [-0.25, -0.2) is 9.78 Å². The van der Waals surface area contributed by atoms with Crippen molar-refractivity contribution in [3.05, 3.63) is 24.0 Å². The fraction of sp³-hybridized carbons (Fsp3) is 0.571. The van der Waals surface area contributed by atoms with Gasteiger partial charge in [0.15, 0.2) is 0 Å². The Morgan fingerprint density at radius 2 is 2.17 bits per heavy atom. The molecule has 0 aliphatic carbocycles. The molecular weight excluding hydrogens is 228 g/mol. The number of carbonyl (C=O) groups is 1. The van der Waals surface area contributed by atoms with E-state index in [4.69, 9.17) is 5.11 Å². The van der Waals surface area contributed by atoms with E-state index < -0.39 is 5.97 Å². The van der Waals surface area contributed by atoms with Gasteiger partial charge in [0, 0.05) is 12.6 Å². The van der Waals surface area contributed by atoms with Crippen molar-refractivity contribution in [2.75, 3.05) is 11.4 Å². The van der Waals surface area contributed by atoms with E-state index in [1.807, 2.05) is 6.07 Å². The highest BCUT2D eigenvalue weighted by molar-refractivity contribution is 5.85. The van der Waals surface area contributed by atoms with Gasteiger partial charge in [0.1, 0.15) is 5.69 Å². The smallest absolute Gasteiger partial charge is 0.354 e. The van der Waals surface area contributed by atoms with Crippen LogP contribution < -0.4 is 4.90 Å². The minimum absolute atomic E-state index is 0.0957. The normalized spacial score (nSPS) is 12.2. The molecule has 1 unspecified atom stereocenters. The molecule has 0 radical (unpaired) electrons. The average molecular weight is 250 g/mol. The van der Waals surface area contributed by atoms with Crippen molar-refractivity contribution in [3.63, 3.8) is 0 Å². The van der Waals surface area contributed by atoms with Gasteiger partial charge < -0.3 is 10.0 Å². The van der Waals surface area contributed by atoms with Gasteiger partial charge in [0.25, 0.3) is 0 Å². The standard InChI is InChI=1S/C14H22N2O2/c1-4-6-9-16(11(3)5-2)12-7-8-13(14(17)18)15-10-12/h7-8,10-11H,4-6,9H2,1-3H3,(H,17,18). The molecule has 4 heteroatoms. The average Bonchev–Trinajstić information content (AvgIpc) is 2.39. The first-order chi connectivity index (χ1) is 8.60. The Kier molecular flexibility index (Phi) is 5.62. The van der Waals surface area contributed by atoms with Gasteiger partial charge in [-0.15, -0.1) is 0 Å². The van der Waals surface area contributed by atoms with E-state index in [2.05, 4.69) is 30.7 Å². The summed E-state index contributed by atoms with van der Waals surface area (Å²) < 4.78 is 0. The number of anilines is 1. The summed E-state index contributed by atoms with van der Waals surface area (Å²) >= 11 is 0. The second-order valence-corrected chi connectivity index (χ2v) is 4.51. The van der Waals surface area contributed by atoms with E-state index >= 15 is 0 Å². The lowest BCUT2D eigenvalue weighted by molar-refractivity contribution is 0.0690. The summed E-state index contributed by atoms with van der Waals surface area (Å²) in [6, 6.07) is 3.85. The van der Waals surface area contributed by atoms with Crippen molar-refractivity contribution in [1.82, 2.24) is 4.98 Å². The van der Waals surface area contributed by atoms with Gasteiger partial charge in [0.2, 0.25) is 0 Å². The molecule has 0 aliphatic rings. The first kappa shape index (κ1) is 14.5. The first-order valence-electron chi connectivity index (χ1n) is 6.56. The lowest BCUT2D eigenvalue weighted by atomic mass is 10.1. The van der Waals surface area contributed by atoms with Crippen LogP contribution in [0.1, 0.15) is 50.5 Å². The number of carboxylic acid groups (broad SMARTS) is 1. The summed E-state index contributed by atoms with van der Waals surface area (Å²) in [5.74, 6) is -0.981. The zero-order valence-corrected chi connectivity index (χ0v) is 11.4. The number of rotatable bonds is 7. The summed E-state index contributed by atoms with van der Waals surface area (Å²) in [5, 5.41) is 8.83. The Bertz CT molecular complexity index is 376. The Balaban J connectivity index is 2.87. The molecule has 1 aromatic heterocycles. The summed E-state index contributed by atoms with van der Waals surface area (Å²) in [7, 11) is 0. The number of hydrogen-bond donors (Lipinski definition) is 1. The summed E-state index contributed by atoms with van der Waals surface area (Å²) in [4.78, 5) is 17.0. The van der Waals surface area contributed by atoms with Crippen LogP contribution in [0.4, 0.5) is 5.69 Å². The van der Waals surface area contributed by atoms with Crippen molar-refractivity contribution in [3.8, 4) is 0 Å². The van der Waals surface area contributed by atoms with Crippen LogP contribution >= 0.6 is 0 Å². The Labute approximate surface area is 109 Å². The van der Waals surface area contributed by atoms with Crippen LogP contribution in [0.25, 0.3) is 0 Å². The Morgan fingerprint density at radius 1 is 1.44 bits per heavy atom. The predicted octanol–water partition coefficient (Wildman–Crippen LogP) is 3.18. The molecule has 0 saturated heterocycles. The van der Waals surface area contributed by atoms with E-state index in [9.17, 15) is 4.79 Å². The summed E-state index contributed by atoms with van der Waals surface area (Å²) in [5.41, 5.74) is 1.10. The van der Waals surface area contributed by atoms with Crippen LogP contribution in [0.2, 0.25) is 0 Å². The van der Waals surface area contributed by atoms with E-state index in [0.29, 0.717) is 6.04 Å². The third-order valence-corrected chi connectivity index (χ3v) is 3.17. The van der Waals surface area contributed by atoms with Gasteiger partial charge in [-0.2, -0.15) is 0 Å². The largest absolute Gasteiger partial charge is 0.477 e. The number of pyridine rings is 1. The molecule has 18 heavy (non-hydrogen) atoms. The van der Waals surface area contributed by atoms with Crippen molar-refractivity contribution in [2.24, 2.45) is 0 Å². The topological polar surface area (TPSA) is 53.4 Å². The van der Waals surface area contributed by atoms with Gasteiger partial charge in [0.05, 0.1) is 11.9 Å². The van der Waals surface area contributed by atoms with E-state index in [0.717, 1.165) is 31.5 Å². The van der Waals surface area contributed by atoms with E-state index in [-0.39, 0.29) is 5.69 Å². The van der Waals surface area contributed by atoms with Gasteiger partial charge >= 0.3 is 5.97 Å². The molecule has 0 aliphatic heterocycles. The third-order valence-electron chi connectivity index (χ3n) is 3.17. The molecule has 1 N–H and O–H groups in total. The van der Waals surface area contributed by atoms with Crippen molar-refractivity contribution in [1.29, 1.82) is 0 Å². The van der Waals surface area contributed by atoms with Crippen molar-refractivity contribution < 1.29 is 9.90 Å². The molecule has 100 valence electrons. The fourth-order valence-corrected chi connectivity index (χ4v) is 1.84. The molecule has 0 aromatic carbocycles. The zero-order valence-electron chi connectivity index (χ0n) is 11.4. The summed E-state index contributed by atoms with van der Waals surface area (Å²) in [6.45, 7) is 7.49.